The number of rotatable bonds is 1. The molecule has 6 nitrogen and oxygen atoms in total. The quantitative estimate of drug-likeness (QED) is 0.717. The number of phenols is 1. The Hall–Kier alpha value is -2.73. The molecular formula is C19H21ClN4O2. The maximum atomic E-state index is 12.6. The molecule has 7 heteroatoms. The number of carbonyl (C=O) groups is 1. The summed E-state index contributed by atoms with van der Waals surface area (Å²) in [5, 5.41) is 13.1. The average Bonchev–Trinajstić information content (AvgIpc) is 2.62. The van der Waals surface area contributed by atoms with E-state index in [4.69, 9.17) is 10.7 Å². The van der Waals surface area contributed by atoms with E-state index in [1.807, 2.05) is 24.3 Å². The number of aliphatic imine (C=N–C) groups is 1. The Morgan fingerprint density at radius 1 is 1.15 bits per heavy atom. The zero-order valence-electron chi connectivity index (χ0n) is 14.2. The van der Waals surface area contributed by atoms with E-state index in [1.165, 1.54) is 6.07 Å². The summed E-state index contributed by atoms with van der Waals surface area (Å²) in [4.78, 5) is 19.1. The number of amidine groups is 1. The van der Waals surface area contributed by atoms with Crippen molar-refractivity contribution < 1.29 is 9.90 Å². The van der Waals surface area contributed by atoms with Crippen molar-refractivity contribution in [3.63, 3.8) is 0 Å². The van der Waals surface area contributed by atoms with Gasteiger partial charge < -0.3 is 21.1 Å². The van der Waals surface area contributed by atoms with E-state index in [0.717, 1.165) is 11.3 Å². The van der Waals surface area contributed by atoms with Gasteiger partial charge in [-0.25, -0.2) is 4.99 Å². The Bertz CT molecular complexity index is 860. The number of nitrogens with zero attached hydrogens (tertiary/aromatic N) is 2. The zero-order chi connectivity index (χ0) is 17.4. The monoisotopic (exact) mass is 372 g/mol. The molecule has 136 valence electrons. The van der Waals surface area contributed by atoms with Crippen LogP contribution in [0.2, 0.25) is 0 Å². The molecule has 2 aromatic rings. The van der Waals surface area contributed by atoms with Crippen LogP contribution in [0.5, 0.6) is 5.75 Å². The van der Waals surface area contributed by atoms with Gasteiger partial charge in [-0.1, -0.05) is 18.2 Å². The minimum atomic E-state index is -0.450. The highest BCUT2D eigenvalue weighted by atomic mass is 35.5. The summed E-state index contributed by atoms with van der Waals surface area (Å²) in [6.07, 6.45) is 1.37. The molecule has 0 radical (unpaired) electrons. The third-order valence-electron chi connectivity index (χ3n) is 4.88. The van der Waals surface area contributed by atoms with Crippen LogP contribution < -0.4 is 11.1 Å². The van der Waals surface area contributed by atoms with Crippen LogP contribution in [0.25, 0.3) is 0 Å². The molecular weight excluding hydrogens is 352 g/mol. The fourth-order valence-corrected chi connectivity index (χ4v) is 3.52. The molecule has 2 aromatic carbocycles. The van der Waals surface area contributed by atoms with Crippen LogP contribution in [0.3, 0.4) is 0 Å². The van der Waals surface area contributed by atoms with E-state index in [0.29, 0.717) is 37.3 Å². The van der Waals surface area contributed by atoms with Crippen molar-refractivity contribution in [1.82, 2.24) is 4.90 Å². The van der Waals surface area contributed by atoms with Crippen molar-refractivity contribution in [2.75, 3.05) is 18.4 Å². The molecule has 2 heterocycles. The standard InChI is InChI=1S/C19H20N4O2.ClH/c20-17-15-6-1-2-7-16(15)21-19(22-17)8-10-23(11-9-19)18(25)13-4-3-5-14(24)12-13;/h1-7,12,21,24H,8-11H2,(H2,20,22);1H. The lowest BCUT2D eigenvalue weighted by molar-refractivity contribution is 0.0685. The summed E-state index contributed by atoms with van der Waals surface area (Å²) in [6.45, 7) is 1.17. The molecule has 0 unspecified atom stereocenters. The first kappa shape index (κ1) is 18.1. The van der Waals surface area contributed by atoms with E-state index in [2.05, 4.69) is 5.32 Å². The zero-order valence-corrected chi connectivity index (χ0v) is 15.0. The second kappa shape index (κ2) is 6.88. The highest BCUT2D eigenvalue weighted by Crippen LogP contribution is 2.34. The summed E-state index contributed by atoms with van der Waals surface area (Å²) in [5.41, 5.74) is 8.12. The predicted molar refractivity (Wildman–Crippen MR) is 104 cm³/mol. The Morgan fingerprint density at radius 2 is 1.88 bits per heavy atom. The van der Waals surface area contributed by atoms with Gasteiger partial charge in [-0.3, -0.25) is 4.79 Å². The van der Waals surface area contributed by atoms with Crippen LogP contribution in [0.15, 0.2) is 53.5 Å². The minimum Gasteiger partial charge on any atom is -0.508 e. The smallest absolute Gasteiger partial charge is 0.253 e. The highest BCUT2D eigenvalue weighted by molar-refractivity contribution is 6.04. The summed E-state index contributed by atoms with van der Waals surface area (Å²) in [7, 11) is 0. The van der Waals surface area contributed by atoms with Crippen LogP contribution >= 0.6 is 12.4 Å². The molecule has 2 aliphatic rings. The molecule has 0 bridgehead atoms. The fraction of sp³-hybridized carbons (Fsp3) is 0.263. The van der Waals surface area contributed by atoms with E-state index in [1.54, 1.807) is 23.1 Å². The number of hydrogen-bond donors (Lipinski definition) is 3. The molecule has 4 N–H and O–H groups in total. The molecule has 0 saturated carbocycles. The van der Waals surface area contributed by atoms with Crippen molar-refractivity contribution in [2.45, 2.75) is 18.5 Å². The van der Waals surface area contributed by atoms with E-state index in [9.17, 15) is 9.90 Å². The summed E-state index contributed by atoms with van der Waals surface area (Å²) in [6, 6.07) is 14.3. The second-order valence-electron chi connectivity index (χ2n) is 6.54. The Morgan fingerprint density at radius 3 is 2.62 bits per heavy atom. The predicted octanol–water partition coefficient (Wildman–Crippen LogP) is 2.58. The van der Waals surface area contributed by atoms with Gasteiger partial charge in [0.25, 0.3) is 5.91 Å². The lowest BCUT2D eigenvalue weighted by Gasteiger charge is -2.42. The SMILES string of the molecule is Cl.NC1=NC2(CCN(C(=O)c3cccc(O)c3)CC2)Nc2ccccc21. The number of halogens is 1. The number of amides is 1. The second-order valence-corrected chi connectivity index (χ2v) is 6.54. The van der Waals surface area contributed by atoms with Gasteiger partial charge in [0.1, 0.15) is 17.2 Å². The fourth-order valence-electron chi connectivity index (χ4n) is 3.52. The number of nitrogens with two attached hydrogens (primary N) is 1. The van der Waals surface area contributed by atoms with Crippen molar-refractivity contribution in [3.8, 4) is 5.75 Å². The minimum absolute atomic E-state index is 0. The van der Waals surface area contributed by atoms with Gasteiger partial charge in [-0.15, -0.1) is 12.4 Å². The summed E-state index contributed by atoms with van der Waals surface area (Å²) in [5.74, 6) is 0.572. The Balaban J connectivity index is 0.00000196. The Labute approximate surface area is 158 Å². The number of fused-ring (bicyclic) bond motifs is 1. The molecule has 1 fully saturated rings. The molecule has 2 aliphatic heterocycles. The largest absolute Gasteiger partial charge is 0.508 e. The first-order chi connectivity index (χ1) is 12.1. The van der Waals surface area contributed by atoms with Gasteiger partial charge in [-0.05, 0) is 30.3 Å². The number of hydrogen-bond acceptors (Lipinski definition) is 5. The van der Waals surface area contributed by atoms with Crippen molar-refractivity contribution in [3.05, 3.63) is 59.7 Å². The van der Waals surface area contributed by atoms with E-state index in [-0.39, 0.29) is 24.1 Å². The lowest BCUT2D eigenvalue weighted by Crippen LogP contribution is -2.52. The van der Waals surface area contributed by atoms with Crippen molar-refractivity contribution >= 4 is 29.8 Å². The van der Waals surface area contributed by atoms with Gasteiger partial charge in [-0.2, -0.15) is 0 Å². The molecule has 1 saturated heterocycles. The first-order valence-corrected chi connectivity index (χ1v) is 8.38. The number of likely N-dealkylation sites (tertiary alicyclic amines) is 1. The number of phenolic OH excluding ortho intramolecular Hbond substituents is 1. The number of nitrogens with one attached hydrogen (secondary N) is 1. The van der Waals surface area contributed by atoms with Crippen LogP contribution in [0.1, 0.15) is 28.8 Å². The molecule has 26 heavy (non-hydrogen) atoms. The summed E-state index contributed by atoms with van der Waals surface area (Å²) < 4.78 is 0. The van der Waals surface area contributed by atoms with Crippen LogP contribution in [-0.2, 0) is 0 Å². The van der Waals surface area contributed by atoms with E-state index < -0.39 is 5.66 Å². The molecule has 0 atom stereocenters. The van der Waals surface area contributed by atoms with Gasteiger partial charge in [0.15, 0.2) is 0 Å². The van der Waals surface area contributed by atoms with Crippen molar-refractivity contribution in [2.24, 2.45) is 10.7 Å². The number of anilines is 1. The average molecular weight is 373 g/mol. The maximum Gasteiger partial charge on any atom is 0.253 e. The van der Waals surface area contributed by atoms with Gasteiger partial charge in [0, 0.05) is 42.7 Å². The van der Waals surface area contributed by atoms with Gasteiger partial charge in [0.2, 0.25) is 0 Å². The van der Waals surface area contributed by atoms with Crippen molar-refractivity contribution in [1.29, 1.82) is 0 Å². The number of aromatic hydroxyl groups is 1. The van der Waals surface area contributed by atoms with Crippen LogP contribution in [-0.4, -0.2) is 40.5 Å². The normalized spacial score (nSPS) is 17.5. The van der Waals surface area contributed by atoms with E-state index >= 15 is 0 Å². The van der Waals surface area contributed by atoms with Gasteiger partial charge in [0.05, 0.1) is 0 Å². The number of para-hydroxylation sites is 1. The number of piperidine rings is 1. The third kappa shape index (κ3) is 3.20. The number of benzene rings is 2. The van der Waals surface area contributed by atoms with Gasteiger partial charge >= 0.3 is 0 Å². The molecule has 1 amide bonds. The molecule has 4 rings (SSSR count). The first-order valence-electron chi connectivity index (χ1n) is 8.38. The topological polar surface area (TPSA) is 91.0 Å². The Kier molecular flexibility index (Phi) is 4.78. The van der Waals surface area contributed by atoms with Crippen LogP contribution in [0, 0.1) is 0 Å². The maximum absolute atomic E-state index is 12.6. The number of carbonyl (C=O) groups excluding carboxylic acids is 1. The molecule has 1 spiro atoms. The summed E-state index contributed by atoms with van der Waals surface area (Å²) >= 11 is 0. The molecule has 0 aromatic heterocycles. The third-order valence-corrected chi connectivity index (χ3v) is 4.88. The highest BCUT2D eigenvalue weighted by Gasteiger charge is 2.38. The lowest BCUT2D eigenvalue weighted by atomic mass is 9.93. The van der Waals surface area contributed by atoms with Crippen LogP contribution in [0.4, 0.5) is 5.69 Å². The molecule has 0 aliphatic carbocycles.